The summed E-state index contributed by atoms with van der Waals surface area (Å²) < 4.78 is 15.8. The van der Waals surface area contributed by atoms with Crippen molar-refractivity contribution in [3.05, 3.63) is 34.2 Å². The molecule has 5 rings (SSSR count). The maximum absolute atomic E-state index is 13.8. The quantitative estimate of drug-likeness (QED) is 0.307. The predicted octanol–water partition coefficient (Wildman–Crippen LogP) is 5.58. The van der Waals surface area contributed by atoms with Gasteiger partial charge in [0.05, 0.1) is 28.0 Å². The van der Waals surface area contributed by atoms with Gasteiger partial charge in [-0.1, -0.05) is 37.0 Å². The Bertz CT molecular complexity index is 1330. The van der Waals surface area contributed by atoms with Gasteiger partial charge in [-0.2, -0.15) is 4.98 Å². The molecule has 204 valence electrons. The van der Waals surface area contributed by atoms with Crippen LogP contribution in [0.5, 0.6) is 0 Å². The molecule has 2 aliphatic rings. The summed E-state index contributed by atoms with van der Waals surface area (Å²) in [7, 11) is 0. The van der Waals surface area contributed by atoms with Crippen LogP contribution in [0.2, 0.25) is 10.0 Å². The maximum Gasteiger partial charge on any atom is 0.224 e. The molecule has 9 nitrogen and oxygen atoms in total. The number of carbonyl (C=O) groups excluding carboxylic acids is 1. The van der Waals surface area contributed by atoms with E-state index in [9.17, 15) is 14.3 Å². The van der Waals surface area contributed by atoms with E-state index in [1.807, 2.05) is 4.57 Å². The van der Waals surface area contributed by atoms with Gasteiger partial charge in [-0.15, -0.1) is 0 Å². The lowest BCUT2D eigenvalue weighted by Crippen LogP contribution is -2.41. The smallest absolute Gasteiger partial charge is 0.224 e. The van der Waals surface area contributed by atoms with Gasteiger partial charge in [-0.05, 0) is 62.5 Å². The van der Waals surface area contributed by atoms with E-state index in [-0.39, 0.29) is 39.4 Å². The number of fused-ring (bicyclic) bond motifs is 1. The Morgan fingerprint density at radius 1 is 1.16 bits per heavy atom. The number of hydrogen-bond acceptors (Lipinski definition) is 7. The highest BCUT2D eigenvalue weighted by atomic mass is 35.5. The monoisotopic (exact) mass is 563 g/mol. The van der Waals surface area contributed by atoms with Gasteiger partial charge in [0.1, 0.15) is 11.3 Å². The van der Waals surface area contributed by atoms with Crippen LogP contribution in [0.3, 0.4) is 0 Å². The minimum Gasteiger partial charge on any atom is -0.392 e. The zero-order chi connectivity index (χ0) is 27.2. The van der Waals surface area contributed by atoms with Crippen LogP contribution in [-0.4, -0.2) is 42.7 Å². The van der Waals surface area contributed by atoms with Gasteiger partial charge in [0.15, 0.2) is 5.65 Å². The van der Waals surface area contributed by atoms with Gasteiger partial charge in [-0.3, -0.25) is 9.36 Å². The highest BCUT2D eigenvalue weighted by Gasteiger charge is 2.35. The topological polar surface area (TPSA) is 131 Å². The van der Waals surface area contributed by atoms with Crippen molar-refractivity contribution in [3.63, 3.8) is 0 Å². The minimum atomic E-state index is -0.540. The maximum atomic E-state index is 13.8. The molecule has 0 radical (unpaired) electrons. The Kier molecular flexibility index (Phi) is 7.41. The summed E-state index contributed by atoms with van der Waals surface area (Å²) >= 11 is 12.6. The fourth-order valence-corrected chi connectivity index (χ4v) is 6.07. The number of aliphatic hydroxyl groups is 1. The van der Waals surface area contributed by atoms with Crippen LogP contribution < -0.4 is 16.4 Å². The van der Waals surface area contributed by atoms with Crippen LogP contribution in [0.1, 0.15) is 64.8 Å². The van der Waals surface area contributed by atoms with Gasteiger partial charge >= 0.3 is 0 Å². The first kappa shape index (κ1) is 26.9. The Morgan fingerprint density at radius 3 is 2.47 bits per heavy atom. The van der Waals surface area contributed by atoms with Crippen molar-refractivity contribution in [3.8, 4) is 0 Å². The van der Waals surface area contributed by atoms with E-state index >= 15 is 0 Å². The molecule has 5 N–H and O–H groups in total. The number of imidazole rings is 1. The van der Waals surface area contributed by atoms with Crippen molar-refractivity contribution in [2.75, 3.05) is 10.6 Å². The zero-order valence-corrected chi connectivity index (χ0v) is 22.9. The minimum absolute atomic E-state index is 0.0175. The van der Waals surface area contributed by atoms with Crippen molar-refractivity contribution in [1.29, 1.82) is 0 Å². The molecule has 0 unspecified atom stereocenters. The number of halogens is 3. The number of nitrogens with zero attached hydrogens (tertiary/aromatic N) is 4. The summed E-state index contributed by atoms with van der Waals surface area (Å²) in [6.45, 7) is 4.16. The van der Waals surface area contributed by atoms with Gasteiger partial charge < -0.3 is 21.5 Å². The van der Waals surface area contributed by atoms with Crippen LogP contribution in [-0.2, 0) is 4.79 Å². The molecule has 1 amide bonds. The zero-order valence-electron chi connectivity index (χ0n) is 21.3. The molecule has 2 aliphatic carbocycles. The molecule has 38 heavy (non-hydrogen) atoms. The normalized spacial score (nSPS) is 25.3. The van der Waals surface area contributed by atoms with Crippen molar-refractivity contribution >= 4 is 57.9 Å². The van der Waals surface area contributed by atoms with Crippen molar-refractivity contribution < 1.29 is 14.3 Å². The number of rotatable bonds is 6. The standard InChI is InChI=1S/C26H32Cl2FN7O2/c1-26(2)8-7-15(11-20(26)37)32-24-31-12-19-23(35-24)36(16-5-3-13(4-6-16)22(30)38)25(33-19)34-21-17(27)9-14(29)10-18(21)28/h9-10,12-13,15-16,20,37H,3-8,11H2,1-2H3,(H2,30,38)(H,33,34)(H,31,32,35)/t13-,15-,16-,20-/m1/s1. The Hall–Kier alpha value is -2.69. The Balaban J connectivity index is 1.49. The first-order valence-corrected chi connectivity index (χ1v) is 13.7. The molecular weight excluding hydrogens is 532 g/mol. The molecule has 0 bridgehead atoms. The number of benzene rings is 1. The summed E-state index contributed by atoms with van der Waals surface area (Å²) in [5.74, 6) is -0.0901. The van der Waals surface area contributed by atoms with Crippen LogP contribution in [0.25, 0.3) is 11.2 Å². The average molecular weight is 564 g/mol. The number of primary amides is 1. The molecule has 1 aromatic carbocycles. The summed E-state index contributed by atoms with van der Waals surface area (Å²) in [6, 6.07) is 2.40. The van der Waals surface area contributed by atoms with E-state index in [1.165, 1.54) is 12.1 Å². The number of nitrogens with one attached hydrogen (secondary N) is 2. The van der Waals surface area contributed by atoms with Gasteiger partial charge in [-0.25, -0.2) is 14.4 Å². The summed E-state index contributed by atoms with van der Waals surface area (Å²) in [4.78, 5) is 25.8. The third-order valence-corrected chi connectivity index (χ3v) is 8.62. The summed E-state index contributed by atoms with van der Waals surface area (Å²) in [5.41, 5.74) is 6.95. The predicted molar refractivity (Wildman–Crippen MR) is 146 cm³/mol. The van der Waals surface area contributed by atoms with Crippen LogP contribution in [0, 0.1) is 17.2 Å². The lowest BCUT2D eigenvalue weighted by atomic mass is 9.73. The molecule has 0 spiro atoms. The number of hydrogen-bond donors (Lipinski definition) is 4. The second kappa shape index (κ2) is 10.5. The number of aromatic nitrogens is 4. The third kappa shape index (κ3) is 5.39. The van der Waals surface area contributed by atoms with E-state index in [0.29, 0.717) is 60.9 Å². The SMILES string of the molecule is CC1(C)CC[C@@H](Nc2ncc3nc(Nc4c(Cl)cc(F)cc4Cl)n([C@H]4CC[C@H](C(N)=O)CC4)c3n2)C[C@H]1O. The van der Waals surface area contributed by atoms with Crippen molar-refractivity contribution in [2.45, 2.75) is 77.0 Å². The van der Waals surface area contributed by atoms with Crippen LogP contribution >= 0.6 is 23.2 Å². The first-order valence-electron chi connectivity index (χ1n) is 12.9. The molecule has 2 saturated carbocycles. The largest absolute Gasteiger partial charge is 0.392 e. The number of amides is 1. The fourth-order valence-electron chi connectivity index (χ4n) is 5.52. The number of anilines is 3. The van der Waals surface area contributed by atoms with E-state index in [2.05, 4.69) is 29.5 Å². The highest BCUT2D eigenvalue weighted by Crippen LogP contribution is 2.40. The highest BCUT2D eigenvalue weighted by molar-refractivity contribution is 6.39. The first-order chi connectivity index (χ1) is 18.0. The number of nitrogens with two attached hydrogens (primary N) is 1. The molecule has 3 aromatic rings. The number of carbonyl (C=O) groups is 1. The molecule has 0 saturated heterocycles. The lowest BCUT2D eigenvalue weighted by molar-refractivity contribution is -0.122. The Morgan fingerprint density at radius 2 is 1.84 bits per heavy atom. The third-order valence-electron chi connectivity index (χ3n) is 8.02. The van der Waals surface area contributed by atoms with Gasteiger partial charge in [0.25, 0.3) is 0 Å². The molecule has 2 fully saturated rings. The van der Waals surface area contributed by atoms with Gasteiger partial charge in [0.2, 0.25) is 17.8 Å². The molecule has 2 aromatic heterocycles. The lowest BCUT2D eigenvalue weighted by Gasteiger charge is -2.39. The molecule has 2 atom stereocenters. The van der Waals surface area contributed by atoms with E-state index in [0.717, 1.165) is 12.8 Å². The molecule has 0 aliphatic heterocycles. The number of aliphatic hydroxyl groups excluding tert-OH is 1. The fraction of sp³-hybridized carbons (Fsp3) is 0.538. The van der Waals surface area contributed by atoms with E-state index < -0.39 is 11.9 Å². The Labute approximate surface area is 230 Å². The average Bonchev–Trinajstić information content (AvgIpc) is 3.21. The molecule has 2 heterocycles. The van der Waals surface area contributed by atoms with Crippen LogP contribution in [0.4, 0.5) is 22.0 Å². The second-order valence-electron chi connectivity index (χ2n) is 11.1. The van der Waals surface area contributed by atoms with Crippen molar-refractivity contribution in [2.24, 2.45) is 17.1 Å². The molecule has 12 heteroatoms. The van der Waals surface area contributed by atoms with E-state index in [4.69, 9.17) is 38.9 Å². The summed E-state index contributed by atoms with van der Waals surface area (Å²) in [6.07, 6.45) is 6.36. The van der Waals surface area contributed by atoms with E-state index in [1.54, 1.807) is 6.20 Å². The van der Waals surface area contributed by atoms with Crippen LogP contribution in [0.15, 0.2) is 18.3 Å². The second-order valence-corrected chi connectivity index (χ2v) is 11.9. The van der Waals surface area contributed by atoms with Gasteiger partial charge in [0, 0.05) is 18.0 Å². The summed E-state index contributed by atoms with van der Waals surface area (Å²) in [5, 5.41) is 17.4. The van der Waals surface area contributed by atoms with Crippen molar-refractivity contribution in [1.82, 2.24) is 19.5 Å². The molecular formula is C26H32Cl2FN7O2.